The van der Waals surface area contributed by atoms with E-state index in [-0.39, 0.29) is 0 Å². The minimum atomic E-state index is 0.851. The van der Waals surface area contributed by atoms with Crippen molar-refractivity contribution < 1.29 is 0 Å². The highest BCUT2D eigenvalue weighted by Crippen LogP contribution is 2.16. The van der Waals surface area contributed by atoms with Gasteiger partial charge in [-0.3, -0.25) is 0 Å². The summed E-state index contributed by atoms with van der Waals surface area (Å²) in [5, 5.41) is 0. The number of thioether (sulfide) groups is 1. The fourth-order valence-corrected chi connectivity index (χ4v) is 1.82. The predicted octanol–water partition coefficient (Wildman–Crippen LogP) is 3.42. The summed E-state index contributed by atoms with van der Waals surface area (Å²) in [6.45, 7) is 9.19. The Labute approximate surface area is 69.8 Å². The third kappa shape index (κ3) is 5.16. The lowest BCUT2D eigenvalue weighted by Crippen LogP contribution is -2.06. The molecule has 0 heterocycles. The highest BCUT2D eigenvalue weighted by atomic mass is 32.2. The van der Waals surface area contributed by atoms with E-state index in [2.05, 4.69) is 39.5 Å². The van der Waals surface area contributed by atoms with Crippen LogP contribution in [0.5, 0.6) is 0 Å². The molecule has 0 fully saturated rings. The van der Waals surface area contributed by atoms with Crippen molar-refractivity contribution in [3.8, 4) is 0 Å². The van der Waals surface area contributed by atoms with Crippen LogP contribution in [-0.4, -0.2) is 11.5 Å². The molecular formula is C9H20S. The average Bonchev–Trinajstić information content (AvgIpc) is 1.88. The second-order valence-electron chi connectivity index (χ2n) is 3.30. The van der Waals surface area contributed by atoms with Gasteiger partial charge >= 0.3 is 0 Å². The standard InChI is InChI=1S/C9H20S/c1-5-6-10-7-9(4)8(2)3/h8-9H,5-7H2,1-4H3. The van der Waals surface area contributed by atoms with Crippen LogP contribution in [0.3, 0.4) is 0 Å². The molecule has 0 N–H and O–H groups in total. The maximum absolute atomic E-state index is 2.34. The maximum Gasteiger partial charge on any atom is -0.00393 e. The third-order valence-electron chi connectivity index (χ3n) is 1.87. The molecule has 0 spiro atoms. The molecule has 1 unspecified atom stereocenters. The Morgan fingerprint density at radius 2 is 1.80 bits per heavy atom. The summed E-state index contributed by atoms with van der Waals surface area (Å²) in [6.07, 6.45) is 1.31. The molecular weight excluding hydrogens is 140 g/mol. The van der Waals surface area contributed by atoms with E-state index in [1.807, 2.05) is 0 Å². The molecule has 10 heavy (non-hydrogen) atoms. The SMILES string of the molecule is CCCSCC(C)C(C)C. The summed E-state index contributed by atoms with van der Waals surface area (Å²) in [5.74, 6) is 4.41. The van der Waals surface area contributed by atoms with Gasteiger partial charge in [0.1, 0.15) is 0 Å². The van der Waals surface area contributed by atoms with Gasteiger partial charge in [0.25, 0.3) is 0 Å². The van der Waals surface area contributed by atoms with Crippen LogP contribution in [0.2, 0.25) is 0 Å². The molecule has 0 rings (SSSR count). The van der Waals surface area contributed by atoms with Gasteiger partial charge in [0.2, 0.25) is 0 Å². The van der Waals surface area contributed by atoms with E-state index in [1.165, 1.54) is 17.9 Å². The van der Waals surface area contributed by atoms with Crippen molar-refractivity contribution in [3.05, 3.63) is 0 Å². The van der Waals surface area contributed by atoms with Gasteiger partial charge in [-0.05, 0) is 29.8 Å². The summed E-state index contributed by atoms with van der Waals surface area (Å²) >= 11 is 2.09. The van der Waals surface area contributed by atoms with Gasteiger partial charge in [-0.1, -0.05) is 27.7 Å². The van der Waals surface area contributed by atoms with Crippen LogP contribution in [-0.2, 0) is 0 Å². The van der Waals surface area contributed by atoms with E-state index in [1.54, 1.807) is 0 Å². The molecule has 0 saturated heterocycles. The molecule has 0 radical (unpaired) electrons. The van der Waals surface area contributed by atoms with Crippen LogP contribution in [0.1, 0.15) is 34.1 Å². The highest BCUT2D eigenvalue weighted by Gasteiger charge is 2.05. The van der Waals surface area contributed by atoms with E-state index in [9.17, 15) is 0 Å². The van der Waals surface area contributed by atoms with Gasteiger partial charge in [-0.2, -0.15) is 11.8 Å². The lowest BCUT2D eigenvalue weighted by atomic mass is 10.0. The van der Waals surface area contributed by atoms with Crippen molar-refractivity contribution in [2.45, 2.75) is 34.1 Å². The van der Waals surface area contributed by atoms with E-state index in [0.29, 0.717) is 0 Å². The minimum Gasteiger partial charge on any atom is -0.162 e. The first-order chi connectivity index (χ1) is 4.68. The lowest BCUT2D eigenvalue weighted by Gasteiger charge is -2.13. The van der Waals surface area contributed by atoms with Crippen LogP contribution in [0.25, 0.3) is 0 Å². The molecule has 0 aliphatic rings. The largest absolute Gasteiger partial charge is 0.162 e. The average molecular weight is 160 g/mol. The summed E-state index contributed by atoms with van der Waals surface area (Å²) < 4.78 is 0. The zero-order chi connectivity index (χ0) is 7.98. The van der Waals surface area contributed by atoms with Crippen LogP contribution in [0.15, 0.2) is 0 Å². The van der Waals surface area contributed by atoms with Gasteiger partial charge in [0, 0.05) is 0 Å². The molecule has 0 amide bonds. The maximum atomic E-state index is 2.34. The molecule has 0 aliphatic carbocycles. The monoisotopic (exact) mass is 160 g/mol. The first kappa shape index (κ1) is 10.3. The van der Waals surface area contributed by atoms with Crippen molar-refractivity contribution >= 4 is 11.8 Å². The van der Waals surface area contributed by atoms with Crippen molar-refractivity contribution in [2.24, 2.45) is 11.8 Å². The Balaban J connectivity index is 3.13. The third-order valence-corrected chi connectivity index (χ3v) is 3.33. The molecule has 0 saturated carbocycles. The molecule has 62 valence electrons. The Hall–Kier alpha value is 0.350. The van der Waals surface area contributed by atoms with Gasteiger partial charge in [-0.25, -0.2) is 0 Å². The second-order valence-corrected chi connectivity index (χ2v) is 4.45. The minimum absolute atomic E-state index is 0.851. The zero-order valence-electron chi connectivity index (χ0n) is 7.68. The van der Waals surface area contributed by atoms with Crippen LogP contribution >= 0.6 is 11.8 Å². The van der Waals surface area contributed by atoms with Crippen LogP contribution < -0.4 is 0 Å². The van der Waals surface area contributed by atoms with Crippen molar-refractivity contribution in [2.75, 3.05) is 11.5 Å². The fourth-order valence-electron chi connectivity index (χ4n) is 0.606. The normalized spacial score (nSPS) is 14.1. The van der Waals surface area contributed by atoms with Gasteiger partial charge in [0.15, 0.2) is 0 Å². The number of rotatable bonds is 5. The first-order valence-electron chi connectivity index (χ1n) is 4.26. The molecule has 0 aromatic heterocycles. The van der Waals surface area contributed by atoms with E-state index in [0.717, 1.165) is 11.8 Å². The fraction of sp³-hybridized carbons (Fsp3) is 1.00. The Kier molecular flexibility index (Phi) is 6.30. The van der Waals surface area contributed by atoms with Crippen LogP contribution in [0.4, 0.5) is 0 Å². The first-order valence-corrected chi connectivity index (χ1v) is 5.41. The van der Waals surface area contributed by atoms with E-state index < -0.39 is 0 Å². The van der Waals surface area contributed by atoms with Crippen LogP contribution in [0, 0.1) is 11.8 Å². The summed E-state index contributed by atoms with van der Waals surface area (Å²) in [6, 6.07) is 0. The molecule has 1 heteroatoms. The molecule has 0 aromatic carbocycles. The smallest absolute Gasteiger partial charge is 0.00393 e. The van der Waals surface area contributed by atoms with Crippen molar-refractivity contribution in [1.82, 2.24) is 0 Å². The van der Waals surface area contributed by atoms with Gasteiger partial charge in [0.05, 0.1) is 0 Å². The molecule has 0 nitrogen and oxygen atoms in total. The topological polar surface area (TPSA) is 0 Å². The molecule has 0 aliphatic heterocycles. The Morgan fingerprint density at radius 1 is 1.20 bits per heavy atom. The quantitative estimate of drug-likeness (QED) is 0.555. The summed E-state index contributed by atoms with van der Waals surface area (Å²) in [4.78, 5) is 0. The second kappa shape index (κ2) is 6.09. The van der Waals surface area contributed by atoms with Crippen molar-refractivity contribution in [1.29, 1.82) is 0 Å². The summed E-state index contributed by atoms with van der Waals surface area (Å²) in [7, 11) is 0. The molecule has 0 bridgehead atoms. The lowest BCUT2D eigenvalue weighted by molar-refractivity contribution is 0.464. The number of hydrogen-bond donors (Lipinski definition) is 0. The highest BCUT2D eigenvalue weighted by molar-refractivity contribution is 7.99. The van der Waals surface area contributed by atoms with Crippen molar-refractivity contribution in [3.63, 3.8) is 0 Å². The molecule has 0 aromatic rings. The summed E-state index contributed by atoms with van der Waals surface area (Å²) in [5.41, 5.74) is 0. The molecule has 1 atom stereocenters. The van der Waals surface area contributed by atoms with Gasteiger partial charge in [-0.15, -0.1) is 0 Å². The van der Waals surface area contributed by atoms with E-state index in [4.69, 9.17) is 0 Å². The predicted molar refractivity (Wildman–Crippen MR) is 51.6 cm³/mol. The van der Waals surface area contributed by atoms with E-state index >= 15 is 0 Å². The Morgan fingerprint density at radius 3 is 2.20 bits per heavy atom. The number of hydrogen-bond acceptors (Lipinski definition) is 1. The zero-order valence-corrected chi connectivity index (χ0v) is 8.50. The Bertz CT molecular complexity index is 69.1. The van der Waals surface area contributed by atoms with Gasteiger partial charge < -0.3 is 0 Å².